The van der Waals surface area contributed by atoms with Gasteiger partial charge in [-0.25, -0.2) is 0 Å². The number of benzene rings is 2. The summed E-state index contributed by atoms with van der Waals surface area (Å²) in [5.74, 6) is 0. The van der Waals surface area contributed by atoms with Crippen LogP contribution in [0.4, 0.5) is 0 Å². The van der Waals surface area contributed by atoms with Gasteiger partial charge in [0.2, 0.25) is 0 Å². The van der Waals surface area contributed by atoms with Crippen LogP contribution >= 0.6 is 0 Å². The Balaban J connectivity index is -0.000000179. The van der Waals surface area contributed by atoms with Gasteiger partial charge in [0.1, 0.15) is 0 Å². The summed E-state index contributed by atoms with van der Waals surface area (Å²) in [6.07, 6.45) is 12.2. The van der Waals surface area contributed by atoms with E-state index in [1.807, 2.05) is 37.3 Å². The Bertz CT molecular complexity index is 599. The van der Waals surface area contributed by atoms with Crippen molar-refractivity contribution in [2.45, 2.75) is 93.3 Å². The number of methoxy groups -OCH3 is 2. The van der Waals surface area contributed by atoms with Crippen molar-refractivity contribution in [3.63, 3.8) is 0 Å². The Morgan fingerprint density at radius 3 is 1.68 bits per heavy atom. The van der Waals surface area contributed by atoms with Crippen molar-refractivity contribution in [1.82, 2.24) is 0 Å². The molecule has 2 aromatic carbocycles. The van der Waals surface area contributed by atoms with E-state index in [9.17, 15) is 0 Å². The molecule has 0 aliphatic heterocycles. The van der Waals surface area contributed by atoms with Crippen LogP contribution in [0.1, 0.15) is 88.5 Å². The minimum Gasteiger partial charge on any atom is -0.392 e. The van der Waals surface area contributed by atoms with Gasteiger partial charge in [-0.1, -0.05) is 54.4 Å². The van der Waals surface area contributed by atoms with Crippen molar-refractivity contribution in [1.29, 1.82) is 0 Å². The van der Waals surface area contributed by atoms with Crippen LogP contribution in [0.5, 0.6) is 0 Å². The van der Waals surface area contributed by atoms with Crippen LogP contribution in [0.15, 0.2) is 36.4 Å². The van der Waals surface area contributed by atoms with Gasteiger partial charge in [-0.2, -0.15) is 85.3 Å². The molecular formula is C30H48O2Y2-4. The summed E-state index contributed by atoms with van der Waals surface area (Å²) >= 11 is 0. The van der Waals surface area contributed by atoms with Gasteiger partial charge < -0.3 is 22.3 Å². The van der Waals surface area contributed by atoms with Crippen molar-refractivity contribution in [2.24, 2.45) is 0 Å². The molecule has 2 rings (SSSR count). The standard InChI is InChI=1S/2C9H11O.2C6H13.2Y/c1-8-3-5-9(6-4-8)7-10-2;1-8-5-3-4-6-9(8)7-10-2;2*1-3-5-6-4-2;;/h2*3,5-6H,7H2,1-2H3;2*5H,3-4,6H2,1-2H3;;/q4*-1;;. The minimum absolute atomic E-state index is 0. The molecule has 0 atom stereocenters. The van der Waals surface area contributed by atoms with E-state index >= 15 is 0 Å². The fourth-order valence-corrected chi connectivity index (χ4v) is 2.46. The van der Waals surface area contributed by atoms with Gasteiger partial charge in [-0.05, 0) is 0 Å². The molecule has 0 amide bonds. The maximum Gasteiger partial charge on any atom is 0.0345 e. The summed E-state index contributed by atoms with van der Waals surface area (Å²) in [6.45, 7) is 14.2. The van der Waals surface area contributed by atoms with Gasteiger partial charge in [0.25, 0.3) is 0 Å². The van der Waals surface area contributed by atoms with E-state index < -0.39 is 0 Å². The second kappa shape index (κ2) is 33.6. The minimum atomic E-state index is 0. The number of unbranched alkanes of at least 4 members (excludes halogenated alkanes) is 6. The molecule has 0 fully saturated rings. The Morgan fingerprint density at radius 1 is 0.765 bits per heavy atom. The molecule has 0 heterocycles. The van der Waals surface area contributed by atoms with Crippen LogP contribution in [0.3, 0.4) is 0 Å². The van der Waals surface area contributed by atoms with Gasteiger partial charge in [0.05, 0.1) is 0 Å². The fourth-order valence-electron chi connectivity index (χ4n) is 2.46. The third kappa shape index (κ3) is 28.8. The van der Waals surface area contributed by atoms with E-state index in [4.69, 9.17) is 9.47 Å². The van der Waals surface area contributed by atoms with Crippen LogP contribution in [-0.4, -0.2) is 14.2 Å². The maximum absolute atomic E-state index is 4.99. The van der Waals surface area contributed by atoms with E-state index in [1.165, 1.54) is 60.8 Å². The molecule has 0 spiro atoms. The van der Waals surface area contributed by atoms with Crippen LogP contribution in [-0.2, 0) is 88.1 Å². The van der Waals surface area contributed by atoms with E-state index in [-0.39, 0.29) is 65.4 Å². The number of hydrogen-bond donors (Lipinski definition) is 0. The zero-order valence-electron chi connectivity index (χ0n) is 23.2. The summed E-state index contributed by atoms with van der Waals surface area (Å²) in [5, 5.41) is 0. The van der Waals surface area contributed by atoms with Crippen molar-refractivity contribution >= 4 is 0 Å². The number of hydrogen-bond acceptors (Lipinski definition) is 2. The van der Waals surface area contributed by atoms with Crippen molar-refractivity contribution < 1.29 is 74.9 Å². The molecule has 4 heteroatoms. The van der Waals surface area contributed by atoms with Crippen LogP contribution in [0, 0.1) is 38.8 Å². The van der Waals surface area contributed by atoms with E-state index in [0.717, 1.165) is 0 Å². The molecule has 0 N–H and O–H groups in total. The molecule has 0 aliphatic rings. The molecule has 2 aromatic rings. The molecule has 0 saturated heterocycles. The third-order valence-electron chi connectivity index (χ3n) is 4.40. The van der Waals surface area contributed by atoms with E-state index in [1.54, 1.807) is 14.2 Å². The van der Waals surface area contributed by atoms with E-state index in [0.29, 0.717) is 13.2 Å². The number of rotatable bonds is 10. The molecule has 0 saturated carbocycles. The van der Waals surface area contributed by atoms with E-state index in [2.05, 4.69) is 65.7 Å². The van der Waals surface area contributed by atoms with Crippen LogP contribution in [0.2, 0.25) is 0 Å². The van der Waals surface area contributed by atoms with Gasteiger partial charge in [0.15, 0.2) is 0 Å². The second-order valence-corrected chi connectivity index (χ2v) is 7.57. The molecule has 0 aromatic heterocycles. The average molecular weight is 619 g/mol. The quantitative estimate of drug-likeness (QED) is 0.196. The van der Waals surface area contributed by atoms with Gasteiger partial charge in [0, 0.05) is 92.9 Å². The first-order valence-corrected chi connectivity index (χ1v) is 12.0. The summed E-state index contributed by atoms with van der Waals surface area (Å²) in [6, 6.07) is 18.1. The average Bonchev–Trinajstić information content (AvgIpc) is 2.81. The first-order valence-electron chi connectivity index (χ1n) is 12.0. The first kappa shape index (κ1) is 41.7. The topological polar surface area (TPSA) is 18.5 Å². The smallest absolute Gasteiger partial charge is 0.0345 e. The van der Waals surface area contributed by atoms with Crippen LogP contribution < -0.4 is 0 Å². The Kier molecular flexibility index (Phi) is 41.2. The summed E-state index contributed by atoms with van der Waals surface area (Å²) in [4.78, 5) is 0. The molecule has 2 nitrogen and oxygen atoms in total. The summed E-state index contributed by atoms with van der Waals surface area (Å²) < 4.78 is 9.94. The SMILES string of the molecule is CC[CH-]CCC.CC[CH-]CCC.COCc1c[c-]c(C)cc1.COCc1c[c-]ccc1C.[Y].[Y]. The third-order valence-corrected chi connectivity index (χ3v) is 4.40. The molecule has 0 aliphatic carbocycles. The summed E-state index contributed by atoms with van der Waals surface area (Å²) in [7, 11) is 3.40. The first-order chi connectivity index (χ1) is 15.5. The molecule has 2 radical (unpaired) electrons. The molecule has 0 bridgehead atoms. The predicted molar refractivity (Wildman–Crippen MR) is 140 cm³/mol. The Labute approximate surface area is 263 Å². The Hall–Kier alpha value is 0.568. The molecule has 0 unspecified atom stereocenters. The second-order valence-electron chi connectivity index (χ2n) is 7.57. The number of aryl methyl sites for hydroxylation is 2. The molecule has 34 heavy (non-hydrogen) atoms. The summed E-state index contributed by atoms with van der Waals surface area (Å²) in [5.41, 5.74) is 4.82. The normalized spacial score (nSPS) is 8.94. The van der Waals surface area contributed by atoms with Crippen LogP contribution in [0.25, 0.3) is 0 Å². The zero-order chi connectivity index (χ0) is 24.5. The van der Waals surface area contributed by atoms with Crippen molar-refractivity contribution in [3.05, 3.63) is 83.6 Å². The van der Waals surface area contributed by atoms with Crippen molar-refractivity contribution in [3.8, 4) is 0 Å². The monoisotopic (exact) mass is 618 g/mol. The van der Waals surface area contributed by atoms with Gasteiger partial charge >= 0.3 is 0 Å². The number of ether oxygens (including phenoxy) is 2. The van der Waals surface area contributed by atoms with Gasteiger partial charge in [-0.15, -0.1) is 11.1 Å². The van der Waals surface area contributed by atoms with Gasteiger partial charge in [-0.3, -0.25) is 0 Å². The Morgan fingerprint density at radius 2 is 1.32 bits per heavy atom. The molecule has 190 valence electrons. The predicted octanol–water partition coefficient (Wildman–Crippen LogP) is 8.68. The fraction of sp³-hybridized carbons (Fsp3) is 0.533. The largest absolute Gasteiger partial charge is 0.392 e. The van der Waals surface area contributed by atoms with Crippen molar-refractivity contribution in [2.75, 3.05) is 14.2 Å². The maximum atomic E-state index is 4.99. The zero-order valence-corrected chi connectivity index (χ0v) is 28.9. The molecular weight excluding hydrogens is 570 g/mol.